The maximum absolute atomic E-state index is 13.1. The Hall–Kier alpha value is -1.21. The van der Waals surface area contributed by atoms with E-state index in [1.165, 1.54) is 16.8 Å². The highest BCUT2D eigenvalue weighted by molar-refractivity contribution is 9.13. The van der Waals surface area contributed by atoms with E-state index >= 15 is 0 Å². The highest BCUT2D eigenvalue weighted by Gasteiger charge is 2.24. The molecule has 0 amide bonds. The molecule has 1 atom stereocenters. The molecular weight excluding hydrogens is 395 g/mol. The monoisotopic (exact) mass is 402 g/mol. The zero-order valence-electron chi connectivity index (χ0n) is 10.1. The summed E-state index contributed by atoms with van der Waals surface area (Å²) in [5, 5.41) is 4.06. The normalized spacial score (nSPS) is 16.9. The van der Waals surface area contributed by atoms with Crippen molar-refractivity contribution in [2.24, 2.45) is 0 Å². The van der Waals surface area contributed by atoms with Crippen LogP contribution >= 0.6 is 31.9 Å². The number of nitrogens with zero attached hydrogens (tertiary/aromatic N) is 2. The molecule has 0 aliphatic carbocycles. The Labute approximate surface area is 130 Å². The molecule has 3 rings (SSSR count). The molecule has 0 radical (unpaired) electrons. The molecule has 0 saturated heterocycles. The van der Waals surface area contributed by atoms with Gasteiger partial charge in [-0.3, -0.25) is 4.79 Å². The lowest BCUT2D eigenvalue weighted by atomic mass is 10.1. The zero-order valence-corrected chi connectivity index (χ0v) is 13.3. The summed E-state index contributed by atoms with van der Waals surface area (Å²) in [6.45, 7) is 0.320. The molecular formula is C13H9Br2FN2O2. The van der Waals surface area contributed by atoms with Crippen LogP contribution in [0.15, 0.2) is 38.1 Å². The lowest BCUT2D eigenvalue weighted by molar-refractivity contribution is 0.200. The third-order valence-corrected chi connectivity index (χ3v) is 4.98. The summed E-state index contributed by atoms with van der Waals surface area (Å²) in [5.41, 5.74) is 0.587. The number of hydrogen-bond donors (Lipinski definition) is 0. The summed E-state index contributed by atoms with van der Waals surface area (Å²) in [7, 11) is 0. The van der Waals surface area contributed by atoms with E-state index in [-0.39, 0.29) is 17.5 Å². The van der Waals surface area contributed by atoms with E-state index in [9.17, 15) is 9.18 Å². The van der Waals surface area contributed by atoms with E-state index in [2.05, 4.69) is 37.0 Å². The van der Waals surface area contributed by atoms with E-state index < -0.39 is 0 Å². The molecule has 0 N–H and O–H groups in total. The molecule has 1 aromatic carbocycles. The number of rotatable bonds is 2. The van der Waals surface area contributed by atoms with Gasteiger partial charge in [0.25, 0.3) is 5.56 Å². The second kappa shape index (κ2) is 5.29. The fourth-order valence-electron chi connectivity index (χ4n) is 2.16. The topological polar surface area (TPSA) is 44.1 Å². The van der Waals surface area contributed by atoms with Crippen molar-refractivity contribution in [1.29, 1.82) is 0 Å². The Morgan fingerprint density at radius 3 is 3.05 bits per heavy atom. The number of benzene rings is 1. The Morgan fingerprint density at radius 1 is 1.45 bits per heavy atom. The quantitative estimate of drug-likeness (QED) is 0.774. The van der Waals surface area contributed by atoms with Crippen LogP contribution in [0, 0.1) is 5.82 Å². The lowest BCUT2D eigenvalue weighted by Crippen LogP contribution is -2.31. The summed E-state index contributed by atoms with van der Waals surface area (Å²) in [4.78, 5) is 12.0. The fraction of sp³-hybridized carbons (Fsp3) is 0.231. The molecule has 1 unspecified atom stereocenters. The van der Waals surface area contributed by atoms with Gasteiger partial charge in [-0.1, -0.05) is 0 Å². The lowest BCUT2D eigenvalue weighted by Gasteiger charge is -2.12. The van der Waals surface area contributed by atoms with Crippen LogP contribution in [0.2, 0.25) is 0 Å². The molecule has 1 aliphatic rings. The first-order chi connectivity index (χ1) is 9.54. The molecule has 0 saturated carbocycles. The molecule has 4 nitrogen and oxygen atoms in total. The molecule has 2 aromatic rings. The Kier molecular flexibility index (Phi) is 3.64. The minimum absolute atomic E-state index is 0.218. The highest BCUT2D eigenvalue weighted by atomic mass is 79.9. The van der Waals surface area contributed by atoms with Crippen molar-refractivity contribution in [2.45, 2.75) is 19.1 Å². The highest BCUT2D eigenvalue weighted by Crippen LogP contribution is 2.29. The smallest absolute Gasteiger partial charge is 0.282 e. The van der Waals surface area contributed by atoms with E-state index in [0.717, 1.165) is 5.56 Å². The van der Waals surface area contributed by atoms with E-state index in [1.807, 2.05) is 0 Å². The Bertz CT molecular complexity index is 733. The van der Waals surface area contributed by atoms with Crippen molar-refractivity contribution >= 4 is 31.9 Å². The van der Waals surface area contributed by atoms with Gasteiger partial charge < -0.3 is 4.74 Å². The molecule has 104 valence electrons. The Morgan fingerprint density at radius 2 is 2.25 bits per heavy atom. The van der Waals surface area contributed by atoms with Crippen LogP contribution in [0.1, 0.15) is 5.56 Å². The summed E-state index contributed by atoms with van der Waals surface area (Å²) in [6.07, 6.45) is 1.90. The molecule has 0 spiro atoms. The van der Waals surface area contributed by atoms with Crippen molar-refractivity contribution in [2.75, 3.05) is 0 Å². The van der Waals surface area contributed by atoms with Gasteiger partial charge in [0.15, 0.2) is 0 Å². The fourth-order valence-corrected chi connectivity index (χ4v) is 2.73. The molecule has 1 aliphatic heterocycles. The summed E-state index contributed by atoms with van der Waals surface area (Å²) in [5.74, 6) is 0.385. The first-order valence-corrected chi connectivity index (χ1v) is 7.49. The van der Waals surface area contributed by atoms with Crippen molar-refractivity contribution in [3.8, 4) is 5.75 Å². The summed E-state index contributed by atoms with van der Waals surface area (Å²) >= 11 is 6.44. The molecule has 2 heterocycles. The summed E-state index contributed by atoms with van der Waals surface area (Å²) in [6, 6.07) is 4.43. The number of hydrogen-bond acceptors (Lipinski definition) is 3. The van der Waals surface area contributed by atoms with Crippen molar-refractivity contribution < 1.29 is 9.13 Å². The SMILES string of the molecule is O=c1c(Br)c(Br)cnn1CC1Cc2cc(F)ccc2O1. The first-order valence-electron chi connectivity index (χ1n) is 5.91. The third-order valence-electron chi connectivity index (χ3n) is 3.08. The van der Waals surface area contributed by atoms with Gasteiger partial charge in [-0.25, -0.2) is 9.07 Å². The predicted octanol–water partition coefficient (Wildman–Crippen LogP) is 2.91. The average molecular weight is 404 g/mol. The van der Waals surface area contributed by atoms with Crippen LogP contribution in [0.25, 0.3) is 0 Å². The van der Waals surface area contributed by atoms with E-state index in [1.54, 1.807) is 12.3 Å². The standard InChI is InChI=1S/C13H9Br2FN2O2/c14-10-5-17-18(13(19)12(10)15)6-9-4-7-3-8(16)1-2-11(7)20-9/h1-3,5,9H,4,6H2. The van der Waals surface area contributed by atoms with Crippen molar-refractivity contribution in [3.05, 3.63) is 55.1 Å². The van der Waals surface area contributed by atoms with Gasteiger partial charge in [0.2, 0.25) is 0 Å². The maximum atomic E-state index is 13.1. The van der Waals surface area contributed by atoms with Crippen LogP contribution in [0.5, 0.6) is 5.75 Å². The van der Waals surface area contributed by atoms with Gasteiger partial charge in [0, 0.05) is 12.0 Å². The van der Waals surface area contributed by atoms with Crippen molar-refractivity contribution in [3.63, 3.8) is 0 Å². The molecule has 0 fully saturated rings. The second-order valence-electron chi connectivity index (χ2n) is 4.49. The van der Waals surface area contributed by atoms with Crippen LogP contribution < -0.4 is 10.3 Å². The number of ether oxygens (including phenoxy) is 1. The van der Waals surface area contributed by atoms with Crippen LogP contribution in [0.3, 0.4) is 0 Å². The van der Waals surface area contributed by atoms with Gasteiger partial charge in [0.1, 0.15) is 22.1 Å². The molecule has 20 heavy (non-hydrogen) atoms. The van der Waals surface area contributed by atoms with Crippen LogP contribution in [-0.4, -0.2) is 15.9 Å². The van der Waals surface area contributed by atoms with E-state index in [4.69, 9.17) is 4.74 Å². The molecule has 0 bridgehead atoms. The van der Waals surface area contributed by atoms with Crippen molar-refractivity contribution in [1.82, 2.24) is 9.78 Å². The molecule has 7 heteroatoms. The third kappa shape index (κ3) is 2.52. The minimum Gasteiger partial charge on any atom is -0.488 e. The van der Waals surface area contributed by atoms with Gasteiger partial charge in [0.05, 0.1) is 17.2 Å². The van der Waals surface area contributed by atoms with Gasteiger partial charge in [-0.05, 0) is 50.1 Å². The predicted molar refractivity (Wildman–Crippen MR) is 78.4 cm³/mol. The second-order valence-corrected chi connectivity index (χ2v) is 6.14. The van der Waals surface area contributed by atoms with E-state index in [0.29, 0.717) is 27.7 Å². The number of fused-ring (bicyclic) bond motifs is 1. The largest absolute Gasteiger partial charge is 0.488 e. The average Bonchev–Trinajstić information content (AvgIpc) is 2.81. The van der Waals surface area contributed by atoms with Gasteiger partial charge in [-0.2, -0.15) is 5.10 Å². The van der Waals surface area contributed by atoms with Crippen LogP contribution in [0.4, 0.5) is 4.39 Å². The zero-order chi connectivity index (χ0) is 14.3. The minimum atomic E-state index is -0.283. The van der Waals surface area contributed by atoms with Gasteiger partial charge in [-0.15, -0.1) is 0 Å². The number of aromatic nitrogens is 2. The number of halogens is 3. The first kappa shape index (κ1) is 13.8. The summed E-state index contributed by atoms with van der Waals surface area (Å²) < 4.78 is 21.2. The van der Waals surface area contributed by atoms with Gasteiger partial charge >= 0.3 is 0 Å². The Balaban J connectivity index is 1.82. The van der Waals surface area contributed by atoms with Crippen LogP contribution in [-0.2, 0) is 13.0 Å². The molecule has 1 aromatic heterocycles. The maximum Gasteiger partial charge on any atom is 0.282 e.